The lowest BCUT2D eigenvalue weighted by atomic mass is 9.96. The largest absolute Gasteiger partial charge is 0.372 e. The first-order chi connectivity index (χ1) is 11.8. The predicted octanol–water partition coefficient (Wildman–Crippen LogP) is 3.63. The Balaban J connectivity index is 1.45. The fourth-order valence-electron chi connectivity index (χ4n) is 4.02. The molecule has 1 aromatic rings. The van der Waals surface area contributed by atoms with Crippen LogP contribution in [0.15, 0.2) is 18.2 Å². The molecule has 0 saturated heterocycles. The van der Waals surface area contributed by atoms with Crippen LogP contribution in [0.4, 0.5) is 10.5 Å². The molecule has 1 fully saturated rings. The molecule has 0 spiro atoms. The van der Waals surface area contributed by atoms with Crippen LogP contribution in [0, 0.1) is 0 Å². The lowest BCUT2D eigenvalue weighted by Crippen LogP contribution is -2.43. The third-order valence-electron chi connectivity index (χ3n) is 5.38. The smallest absolute Gasteiger partial charge is 0.315 e. The number of rotatable bonds is 5. The predicted molar refractivity (Wildman–Crippen MR) is 99.8 cm³/mol. The van der Waals surface area contributed by atoms with E-state index in [1.54, 1.807) is 0 Å². The number of hydrogen-bond donors (Lipinski definition) is 2. The molecule has 2 aliphatic rings. The Morgan fingerprint density at radius 1 is 1.21 bits per heavy atom. The first kappa shape index (κ1) is 17.1. The third-order valence-corrected chi connectivity index (χ3v) is 5.38. The zero-order valence-electron chi connectivity index (χ0n) is 14.9. The van der Waals surface area contributed by atoms with E-state index in [9.17, 15) is 4.79 Å². The standard InChI is InChI=1S/C20H31N3O/c1-2-23-14-6-7-17-15-16(10-11-19(17)23)12-13-21-20(24)22-18-8-4-3-5-9-18/h10-11,15,18H,2-9,12-14H2,1H3,(H2,21,22,24). The van der Waals surface area contributed by atoms with Gasteiger partial charge in [0.15, 0.2) is 0 Å². The maximum atomic E-state index is 12.0. The van der Waals surface area contributed by atoms with Gasteiger partial charge in [-0.25, -0.2) is 4.79 Å². The lowest BCUT2D eigenvalue weighted by Gasteiger charge is -2.30. The van der Waals surface area contributed by atoms with Crippen LogP contribution in [-0.2, 0) is 12.8 Å². The number of anilines is 1. The van der Waals surface area contributed by atoms with Crippen LogP contribution >= 0.6 is 0 Å². The average Bonchev–Trinajstić information content (AvgIpc) is 2.62. The van der Waals surface area contributed by atoms with E-state index in [0.717, 1.165) is 25.8 Å². The second kappa shape index (κ2) is 8.41. The van der Waals surface area contributed by atoms with E-state index in [2.05, 4.69) is 40.7 Å². The highest BCUT2D eigenvalue weighted by molar-refractivity contribution is 5.74. The van der Waals surface area contributed by atoms with E-state index in [1.807, 2.05) is 0 Å². The molecule has 1 saturated carbocycles. The van der Waals surface area contributed by atoms with Crippen LogP contribution in [-0.4, -0.2) is 31.7 Å². The number of hydrogen-bond acceptors (Lipinski definition) is 2. The molecule has 3 rings (SSSR count). The molecule has 0 bridgehead atoms. The minimum absolute atomic E-state index is 0.00276. The number of urea groups is 1. The molecule has 4 nitrogen and oxygen atoms in total. The lowest BCUT2D eigenvalue weighted by molar-refractivity contribution is 0.233. The van der Waals surface area contributed by atoms with Gasteiger partial charge in [0.05, 0.1) is 0 Å². The summed E-state index contributed by atoms with van der Waals surface area (Å²) in [6.45, 7) is 5.17. The minimum atomic E-state index is -0.00276. The summed E-state index contributed by atoms with van der Waals surface area (Å²) < 4.78 is 0. The van der Waals surface area contributed by atoms with Crippen molar-refractivity contribution in [2.24, 2.45) is 0 Å². The van der Waals surface area contributed by atoms with Crippen molar-refractivity contribution >= 4 is 11.7 Å². The van der Waals surface area contributed by atoms with Gasteiger partial charge in [-0.1, -0.05) is 31.4 Å². The van der Waals surface area contributed by atoms with Crippen LogP contribution in [0.5, 0.6) is 0 Å². The van der Waals surface area contributed by atoms with Gasteiger partial charge in [-0.15, -0.1) is 0 Å². The summed E-state index contributed by atoms with van der Waals surface area (Å²) >= 11 is 0. The zero-order chi connectivity index (χ0) is 16.8. The number of carbonyl (C=O) groups excluding carboxylic acids is 1. The van der Waals surface area contributed by atoms with Crippen LogP contribution in [0.2, 0.25) is 0 Å². The monoisotopic (exact) mass is 329 g/mol. The van der Waals surface area contributed by atoms with E-state index >= 15 is 0 Å². The van der Waals surface area contributed by atoms with Crippen LogP contribution in [0.1, 0.15) is 56.6 Å². The van der Waals surface area contributed by atoms with Gasteiger partial charge in [0.2, 0.25) is 0 Å². The van der Waals surface area contributed by atoms with Gasteiger partial charge < -0.3 is 15.5 Å². The van der Waals surface area contributed by atoms with Crippen molar-refractivity contribution in [1.82, 2.24) is 10.6 Å². The summed E-state index contributed by atoms with van der Waals surface area (Å²) in [6, 6.07) is 7.18. The minimum Gasteiger partial charge on any atom is -0.372 e. The molecule has 0 atom stereocenters. The molecule has 1 heterocycles. The fraction of sp³-hybridized carbons (Fsp3) is 0.650. The number of carbonyl (C=O) groups is 1. The van der Waals surface area contributed by atoms with Crippen molar-refractivity contribution in [3.05, 3.63) is 29.3 Å². The van der Waals surface area contributed by atoms with Crippen molar-refractivity contribution in [3.8, 4) is 0 Å². The van der Waals surface area contributed by atoms with Gasteiger partial charge >= 0.3 is 6.03 Å². The van der Waals surface area contributed by atoms with Crippen LogP contribution < -0.4 is 15.5 Å². The van der Waals surface area contributed by atoms with E-state index in [-0.39, 0.29) is 6.03 Å². The Hall–Kier alpha value is -1.71. The molecule has 4 heteroatoms. The van der Waals surface area contributed by atoms with Crippen LogP contribution in [0.25, 0.3) is 0 Å². The zero-order valence-corrected chi connectivity index (χ0v) is 14.9. The summed E-state index contributed by atoms with van der Waals surface area (Å²) in [4.78, 5) is 14.4. The normalized spacial score (nSPS) is 18.1. The van der Waals surface area contributed by atoms with E-state index < -0.39 is 0 Å². The maximum Gasteiger partial charge on any atom is 0.315 e. The molecule has 0 radical (unpaired) electrons. The molecule has 2 N–H and O–H groups in total. The quantitative estimate of drug-likeness (QED) is 0.866. The van der Waals surface area contributed by atoms with Gasteiger partial charge in [0.1, 0.15) is 0 Å². The first-order valence-corrected chi connectivity index (χ1v) is 9.67. The maximum absolute atomic E-state index is 12.0. The van der Waals surface area contributed by atoms with Crippen molar-refractivity contribution in [2.75, 3.05) is 24.5 Å². The first-order valence-electron chi connectivity index (χ1n) is 9.67. The number of amides is 2. The Kier molecular flexibility index (Phi) is 6.00. The third kappa shape index (κ3) is 4.43. The molecular formula is C20H31N3O. The fourth-order valence-corrected chi connectivity index (χ4v) is 4.02. The Bertz CT molecular complexity index is 552. The molecule has 24 heavy (non-hydrogen) atoms. The van der Waals surface area contributed by atoms with E-state index in [1.165, 1.54) is 55.5 Å². The summed E-state index contributed by atoms with van der Waals surface area (Å²) in [7, 11) is 0. The van der Waals surface area contributed by atoms with E-state index in [4.69, 9.17) is 0 Å². The number of fused-ring (bicyclic) bond motifs is 1. The number of aryl methyl sites for hydroxylation is 1. The number of nitrogens with one attached hydrogen (secondary N) is 2. The highest BCUT2D eigenvalue weighted by Crippen LogP contribution is 2.27. The highest BCUT2D eigenvalue weighted by Gasteiger charge is 2.16. The number of nitrogens with zero attached hydrogens (tertiary/aromatic N) is 1. The number of benzene rings is 1. The molecule has 0 unspecified atom stereocenters. The van der Waals surface area contributed by atoms with Gasteiger partial charge in [0.25, 0.3) is 0 Å². The molecular weight excluding hydrogens is 298 g/mol. The Morgan fingerprint density at radius 2 is 2.04 bits per heavy atom. The Morgan fingerprint density at radius 3 is 2.83 bits per heavy atom. The summed E-state index contributed by atoms with van der Waals surface area (Å²) in [5.74, 6) is 0. The van der Waals surface area contributed by atoms with E-state index in [0.29, 0.717) is 12.6 Å². The highest BCUT2D eigenvalue weighted by atomic mass is 16.2. The summed E-state index contributed by atoms with van der Waals surface area (Å²) in [5, 5.41) is 6.13. The topological polar surface area (TPSA) is 44.4 Å². The summed E-state index contributed by atoms with van der Waals surface area (Å²) in [6.07, 6.45) is 9.38. The van der Waals surface area contributed by atoms with Gasteiger partial charge in [0, 0.05) is 31.4 Å². The van der Waals surface area contributed by atoms with Crippen LogP contribution in [0.3, 0.4) is 0 Å². The second-order valence-electron chi connectivity index (χ2n) is 7.13. The molecule has 0 aromatic heterocycles. The SMILES string of the molecule is CCN1CCCc2cc(CCNC(=O)NC3CCCCC3)ccc21. The van der Waals surface area contributed by atoms with Crippen molar-refractivity contribution in [2.45, 2.75) is 64.3 Å². The Labute approximate surface area is 146 Å². The van der Waals surface area contributed by atoms with Crippen molar-refractivity contribution < 1.29 is 4.79 Å². The van der Waals surface area contributed by atoms with Gasteiger partial charge in [-0.05, 0) is 56.2 Å². The van der Waals surface area contributed by atoms with Gasteiger partial charge in [-0.2, -0.15) is 0 Å². The van der Waals surface area contributed by atoms with Crippen molar-refractivity contribution in [1.29, 1.82) is 0 Å². The molecule has 2 amide bonds. The van der Waals surface area contributed by atoms with Crippen molar-refractivity contribution in [3.63, 3.8) is 0 Å². The van der Waals surface area contributed by atoms with Gasteiger partial charge in [-0.3, -0.25) is 0 Å². The average molecular weight is 329 g/mol. The molecule has 1 aromatic carbocycles. The molecule has 132 valence electrons. The summed E-state index contributed by atoms with van der Waals surface area (Å²) in [5.41, 5.74) is 4.19. The molecule has 1 aliphatic carbocycles. The second-order valence-corrected chi connectivity index (χ2v) is 7.13. The molecule has 1 aliphatic heterocycles.